The zero-order valence-corrected chi connectivity index (χ0v) is 18.2. The third kappa shape index (κ3) is 2.82. The molecule has 0 bridgehead atoms. The Kier molecular flexibility index (Phi) is 4.56. The van der Waals surface area contributed by atoms with Crippen molar-refractivity contribution < 1.29 is 9.53 Å². The lowest BCUT2D eigenvalue weighted by Gasteiger charge is -2.16. The minimum atomic E-state index is -0.0206. The summed E-state index contributed by atoms with van der Waals surface area (Å²) < 4.78 is 10.0. The molecule has 1 aromatic carbocycles. The number of nitrogens with zero attached hydrogens (tertiary/aromatic N) is 4. The van der Waals surface area contributed by atoms with Gasteiger partial charge in [0.1, 0.15) is 16.1 Å². The van der Waals surface area contributed by atoms with Gasteiger partial charge in [-0.15, -0.1) is 11.3 Å². The summed E-state index contributed by atoms with van der Waals surface area (Å²) in [6.07, 6.45) is 0.837. The van der Waals surface area contributed by atoms with Gasteiger partial charge in [-0.25, -0.2) is 4.98 Å². The van der Waals surface area contributed by atoms with Gasteiger partial charge >= 0.3 is 0 Å². The lowest BCUT2D eigenvalue weighted by atomic mass is 10.1. The number of rotatable bonds is 4. The standard InChI is InChI=1S/C22H25N5O2S/c1-4-27-17(10-13-6-8-30-22(13)27)20-24-16-9-14(11-18(29-3)19(16)25(20)2)21(28)26-7-5-15(23)12-26/h6,8-11,15H,4-5,7,12,23H2,1-3H3. The minimum Gasteiger partial charge on any atom is -0.494 e. The number of imidazole rings is 1. The molecule has 4 aromatic rings. The van der Waals surface area contributed by atoms with E-state index in [0.717, 1.165) is 35.5 Å². The fraction of sp³-hybridized carbons (Fsp3) is 0.364. The molecule has 0 saturated carbocycles. The largest absolute Gasteiger partial charge is 0.494 e. The highest BCUT2D eigenvalue weighted by Gasteiger charge is 2.26. The fourth-order valence-corrected chi connectivity index (χ4v) is 5.41. The van der Waals surface area contributed by atoms with E-state index < -0.39 is 0 Å². The zero-order valence-electron chi connectivity index (χ0n) is 17.4. The van der Waals surface area contributed by atoms with E-state index in [1.165, 1.54) is 10.2 Å². The number of benzene rings is 1. The van der Waals surface area contributed by atoms with Gasteiger partial charge in [0, 0.05) is 43.7 Å². The van der Waals surface area contributed by atoms with Crippen LogP contribution in [0.4, 0.5) is 0 Å². The first kappa shape index (κ1) is 19.1. The van der Waals surface area contributed by atoms with Crippen molar-refractivity contribution in [3.8, 4) is 17.3 Å². The van der Waals surface area contributed by atoms with Crippen molar-refractivity contribution in [2.45, 2.75) is 25.9 Å². The lowest BCUT2D eigenvalue weighted by molar-refractivity contribution is 0.0790. The average Bonchev–Trinajstić information content (AvgIpc) is 3.50. The van der Waals surface area contributed by atoms with E-state index in [0.29, 0.717) is 24.4 Å². The van der Waals surface area contributed by atoms with Crippen LogP contribution in [0.25, 0.3) is 32.8 Å². The van der Waals surface area contributed by atoms with E-state index in [2.05, 4.69) is 33.6 Å². The van der Waals surface area contributed by atoms with Gasteiger partial charge in [0.2, 0.25) is 0 Å². The van der Waals surface area contributed by atoms with Crippen LogP contribution in [-0.4, -0.2) is 51.2 Å². The Hall–Kier alpha value is -2.84. The van der Waals surface area contributed by atoms with Crippen LogP contribution < -0.4 is 10.5 Å². The van der Waals surface area contributed by atoms with E-state index in [4.69, 9.17) is 15.5 Å². The lowest BCUT2D eigenvalue weighted by Crippen LogP contribution is -2.31. The molecular weight excluding hydrogens is 398 g/mol. The van der Waals surface area contributed by atoms with Gasteiger partial charge in [0.15, 0.2) is 5.82 Å². The molecule has 1 aliphatic heterocycles. The highest BCUT2D eigenvalue weighted by molar-refractivity contribution is 7.16. The Morgan fingerprint density at radius 1 is 1.37 bits per heavy atom. The molecule has 5 rings (SSSR count). The van der Waals surface area contributed by atoms with E-state index in [1.807, 2.05) is 24.1 Å². The second kappa shape index (κ2) is 7.14. The predicted molar refractivity (Wildman–Crippen MR) is 120 cm³/mol. The summed E-state index contributed by atoms with van der Waals surface area (Å²) >= 11 is 1.74. The number of likely N-dealkylation sites (tertiary alicyclic amines) is 1. The molecule has 7 nitrogen and oxygen atoms in total. The molecule has 1 unspecified atom stereocenters. The Balaban J connectivity index is 1.65. The quantitative estimate of drug-likeness (QED) is 0.545. The monoisotopic (exact) mass is 423 g/mol. The first-order valence-electron chi connectivity index (χ1n) is 10.2. The molecule has 0 radical (unpaired) electrons. The number of hydrogen-bond acceptors (Lipinski definition) is 5. The predicted octanol–water partition coefficient (Wildman–Crippen LogP) is 3.46. The number of fused-ring (bicyclic) bond motifs is 2. The molecule has 1 aliphatic rings. The topological polar surface area (TPSA) is 78.3 Å². The summed E-state index contributed by atoms with van der Waals surface area (Å²) in [5.74, 6) is 1.49. The van der Waals surface area contributed by atoms with E-state index in [-0.39, 0.29) is 11.9 Å². The maximum absolute atomic E-state index is 13.0. The smallest absolute Gasteiger partial charge is 0.254 e. The molecule has 1 fully saturated rings. The summed E-state index contributed by atoms with van der Waals surface area (Å²) in [4.78, 5) is 21.0. The van der Waals surface area contributed by atoms with Crippen LogP contribution in [0.3, 0.4) is 0 Å². The molecule has 1 atom stereocenters. The molecule has 0 spiro atoms. The first-order chi connectivity index (χ1) is 14.5. The third-order valence-electron chi connectivity index (χ3n) is 5.96. The molecule has 4 heterocycles. The van der Waals surface area contributed by atoms with Crippen LogP contribution in [0, 0.1) is 0 Å². The summed E-state index contributed by atoms with van der Waals surface area (Å²) in [5, 5.41) is 3.33. The fourth-order valence-electron chi connectivity index (χ4n) is 4.45. The maximum atomic E-state index is 13.0. The van der Waals surface area contributed by atoms with Crippen molar-refractivity contribution in [1.82, 2.24) is 19.0 Å². The van der Waals surface area contributed by atoms with Crippen molar-refractivity contribution in [1.29, 1.82) is 0 Å². The maximum Gasteiger partial charge on any atom is 0.254 e. The SMILES string of the molecule is CCn1c(-c2nc3cc(C(=O)N4CCC(N)C4)cc(OC)c3n2C)cc2ccsc21. The number of aryl methyl sites for hydroxylation is 2. The number of aromatic nitrogens is 3. The molecule has 2 N–H and O–H groups in total. The number of thiophene rings is 1. The third-order valence-corrected chi connectivity index (χ3v) is 6.91. The highest BCUT2D eigenvalue weighted by atomic mass is 32.1. The van der Waals surface area contributed by atoms with Crippen LogP contribution in [0.15, 0.2) is 29.6 Å². The van der Waals surface area contributed by atoms with Crippen LogP contribution in [0.2, 0.25) is 0 Å². The normalized spacial score (nSPS) is 16.8. The molecule has 8 heteroatoms. The van der Waals surface area contributed by atoms with Crippen molar-refractivity contribution in [3.05, 3.63) is 35.2 Å². The Labute approximate surface area is 178 Å². The van der Waals surface area contributed by atoms with Gasteiger partial charge in [-0.2, -0.15) is 0 Å². The van der Waals surface area contributed by atoms with Gasteiger partial charge in [0.25, 0.3) is 5.91 Å². The molecular formula is C22H25N5O2S. The first-order valence-corrected chi connectivity index (χ1v) is 11.1. The molecule has 3 aromatic heterocycles. The molecule has 0 aliphatic carbocycles. The Bertz CT molecular complexity index is 1270. The average molecular weight is 424 g/mol. The van der Waals surface area contributed by atoms with E-state index in [9.17, 15) is 4.79 Å². The Morgan fingerprint density at radius 3 is 2.90 bits per heavy atom. The summed E-state index contributed by atoms with van der Waals surface area (Å²) in [7, 11) is 3.63. The summed E-state index contributed by atoms with van der Waals surface area (Å²) in [6.45, 7) is 4.28. The minimum absolute atomic E-state index is 0.0206. The summed E-state index contributed by atoms with van der Waals surface area (Å²) in [5.41, 5.74) is 9.28. The number of carbonyl (C=O) groups excluding carboxylic acids is 1. The highest BCUT2D eigenvalue weighted by Crippen LogP contribution is 2.35. The van der Waals surface area contributed by atoms with Crippen LogP contribution in [-0.2, 0) is 13.6 Å². The van der Waals surface area contributed by atoms with Crippen molar-refractivity contribution in [2.24, 2.45) is 12.8 Å². The molecule has 1 saturated heterocycles. The van der Waals surface area contributed by atoms with Crippen LogP contribution in [0.1, 0.15) is 23.7 Å². The van der Waals surface area contributed by atoms with Crippen LogP contribution in [0.5, 0.6) is 5.75 Å². The van der Waals surface area contributed by atoms with E-state index >= 15 is 0 Å². The Morgan fingerprint density at radius 2 is 2.20 bits per heavy atom. The number of ether oxygens (including phenoxy) is 1. The molecule has 156 valence electrons. The van der Waals surface area contributed by atoms with Gasteiger partial charge in [-0.3, -0.25) is 4.79 Å². The summed E-state index contributed by atoms with van der Waals surface area (Å²) in [6, 6.07) is 8.06. The zero-order chi connectivity index (χ0) is 21.0. The second-order valence-electron chi connectivity index (χ2n) is 7.80. The molecule has 1 amide bonds. The second-order valence-corrected chi connectivity index (χ2v) is 8.69. The van der Waals surface area contributed by atoms with Gasteiger partial charge in [-0.05, 0) is 43.0 Å². The van der Waals surface area contributed by atoms with Crippen molar-refractivity contribution in [3.63, 3.8) is 0 Å². The van der Waals surface area contributed by atoms with Crippen molar-refractivity contribution >= 4 is 38.5 Å². The molecule has 30 heavy (non-hydrogen) atoms. The van der Waals surface area contributed by atoms with Gasteiger partial charge < -0.3 is 24.5 Å². The van der Waals surface area contributed by atoms with Crippen molar-refractivity contribution in [2.75, 3.05) is 20.2 Å². The van der Waals surface area contributed by atoms with Gasteiger partial charge in [0.05, 0.1) is 18.3 Å². The van der Waals surface area contributed by atoms with Gasteiger partial charge in [-0.1, -0.05) is 0 Å². The van der Waals surface area contributed by atoms with Crippen LogP contribution >= 0.6 is 11.3 Å². The number of amides is 1. The number of carbonyl (C=O) groups is 1. The number of methoxy groups -OCH3 is 1. The number of nitrogens with two attached hydrogens (primary N) is 1. The van der Waals surface area contributed by atoms with E-state index in [1.54, 1.807) is 18.4 Å². The number of hydrogen-bond donors (Lipinski definition) is 1.